The molecule has 1 aliphatic heterocycles. The molecule has 9 heteroatoms. The van der Waals surface area contributed by atoms with Gasteiger partial charge in [-0.2, -0.15) is 0 Å². The highest BCUT2D eigenvalue weighted by Crippen LogP contribution is 2.44. The number of rotatable bonds is 8. The van der Waals surface area contributed by atoms with E-state index in [9.17, 15) is 19.5 Å². The average Bonchev–Trinajstić information content (AvgIpc) is 3.48. The van der Waals surface area contributed by atoms with Crippen molar-refractivity contribution >= 4 is 33.4 Å². The topological polar surface area (TPSA) is 102 Å². The van der Waals surface area contributed by atoms with Crippen LogP contribution in [0.4, 0.5) is 0 Å². The Bertz CT molecular complexity index is 2740. The lowest BCUT2D eigenvalue weighted by atomic mass is 9.79. The van der Waals surface area contributed by atoms with Gasteiger partial charge in [-0.3, -0.25) is 19.1 Å². The number of aliphatic imine (C=N–C) groups is 1. The lowest BCUT2D eigenvalue weighted by Gasteiger charge is -2.42. The fourth-order valence-electron chi connectivity index (χ4n) is 8.16. The zero-order valence-electron chi connectivity index (χ0n) is 30.7. The van der Waals surface area contributed by atoms with E-state index in [1.165, 1.54) is 7.05 Å². The molecule has 0 saturated heterocycles. The first-order valence-electron chi connectivity index (χ1n) is 18.2. The molecule has 7 aromatic rings. The summed E-state index contributed by atoms with van der Waals surface area (Å²) in [4.78, 5) is 49.0. The summed E-state index contributed by atoms with van der Waals surface area (Å²) >= 11 is 0. The monoisotopic (exact) mass is 715 g/mol. The van der Waals surface area contributed by atoms with Crippen molar-refractivity contribution in [2.45, 2.75) is 32.2 Å². The Morgan fingerprint density at radius 2 is 1.44 bits per heavy atom. The number of fused-ring (bicyclic) bond motifs is 4. The minimum atomic E-state index is -0.652. The Kier molecular flexibility index (Phi) is 8.85. The minimum absolute atomic E-state index is 0.0432. The number of carbonyl (C=O) groups excluding carboxylic acids is 1. The minimum Gasteiger partial charge on any atom is -0.494 e. The molecule has 2 aromatic heterocycles. The third kappa shape index (κ3) is 5.73. The van der Waals surface area contributed by atoms with Gasteiger partial charge < -0.3 is 14.6 Å². The van der Waals surface area contributed by atoms with Crippen LogP contribution in [0.1, 0.15) is 57.1 Å². The average molecular weight is 716 g/mol. The first-order valence-corrected chi connectivity index (χ1v) is 18.2. The van der Waals surface area contributed by atoms with E-state index in [-0.39, 0.29) is 23.9 Å². The molecule has 0 unspecified atom stereocenters. The molecule has 270 valence electrons. The Labute approximate surface area is 312 Å². The van der Waals surface area contributed by atoms with Crippen LogP contribution in [0.3, 0.4) is 0 Å². The summed E-state index contributed by atoms with van der Waals surface area (Å²) < 4.78 is 4.35. The maximum Gasteiger partial charge on any atom is 0.338 e. The Balaban J connectivity index is 1.28. The summed E-state index contributed by atoms with van der Waals surface area (Å²) in [6.07, 6.45) is 0.668. The molecule has 54 heavy (non-hydrogen) atoms. The number of para-hydroxylation sites is 2. The van der Waals surface area contributed by atoms with Gasteiger partial charge in [0.25, 0.3) is 11.5 Å². The summed E-state index contributed by atoms with van der Waals surface area (Å²) in [6.45, 7) is 4.21. The molecule has 1 N–H and O–H groups in total. The summed E-state index contributed by atoms with van der Waals surface area (Å²) in [6, 6.07) is 39.4. The second kappa shape index (κ2) is 13.8. The van der Waals surface area contributed by atoms with E-state index in [2.05, 4.69) is 54.1 Å². The molecule has 1 aliphatic rings. The van der Waals surface area contributed by atoms with Gasteiger partial charge in [0.1, 0.15) is 5.56 Å². The van der Waals surface area contributed by atoms with E-state index in [4.69, 9.17) is 4.99 Å². The van der Waals surface area contributed by atoms with Crippen molar-refractivity contribution in [3.63, 3.8) is 0 Å². The molecule has 0 saturated carbocycles. The lowest BCUT2D eigenvalue weighted by Crippen LogP contribution is -2.44. The van der Waals surface area contributed by atoms with Crippen molar-refractivity contribution in [2.24, 2.45) is 19.1 Å². The van der Waals surface area contributed by atoms with Crippen molar-refractivity contribution in [2.75, 3.05) is 13.1 Å². The summed E-state index contributed by atoms with van der Waals surface area (Å²) in [5.74, 6) is -0.790. The summed E-state index contributed by atoms with van der Waals surface area (Å²) in [5.41, 5.74) is 5.97. The van der Waals surface area contributed by atoms with E-state index in [0.717, 1.165) is 53.2 Å². The SMILES string of the molecule is CC(=NC[C@H]1c2ccccc2C(=O)N(CCc2ccccc2)[C@H]1c1ccc2c(c1)c1ccccc1n2C)c1c(O)n(C)c(=O)n(-c2ccccc2C)c1=O. The molecule has 5 aromatic carbocycles. The highest BCUT2D eigenvalue weighted by Gasteiger charge is 2.40. The number of aromatic hydroxyl groups is 1. The number of nitrogens with zero attached hydrogens (tertiary/aromatic N) is 5. The predicted octanol–water partition coefficient (Wildman–Crippen LogP) is 7.23. The third-order valence-corrected chi connectivity index (χ3v) is 11.0. The van der Waals surface area contributed by atoms with E-state index < -0.39 is 23.2 Å². The van der Waals surface area contributed by atoms with Crippen LogP contribution in [0, 0.1) is 6.92 Å². The van der Waals surface area contributed by atoms with Gasteiger partial charge in [0, 0.05) is 66.2 Å². The molecule has 0 aliphatic carbocycles. The number of amides is 1. The van der Waals surface area contributed by atoms with Crippen LogP contribution in [-0.2, 0) is 20.5 Å². The molecule has 0 spiro atoms. The molecular weight excluding hydrogens is 675 g/mol. The number of aromatic nitrogens is 3. The molecule has 8 rings (SSSR count). The van der Waals surface area contributed by atoms with E-state index >= 15 is 0 Å². The molecule has 0 radical (unpaired) electrons. The van der Waals surface area contributed by atoms with Gasteiger partial charge in [0.05, 0.1) is 11.7 Å². The van der Waals surface area contributed by atoms with Crippen molar-refractivity contribution in [1.82, 2.24) is 18.6 Å². The van der Waals surface area contributed by atoms with Gasteiger partial charge in [-0.15, -0.1) is 0 Å². The number of aryl methyl sites for hydroxylation is 2. The van der Waals surface area contributed by atoms with Crippen LogP contribution in [0.25, 0.3) is 27.5 Å². The van der Waals surface area contributed by atoms with Gasteiger partial charge >= 0.3 is 5.69 Å². The quantitative estimate of drug-likeness (QED) is 0.168. The van der Waals surface area contributed by atoms with Crippen molar-refractivity contribution in [1.29, 1.82) is 0 Å². The molecule has 3 heterocycles. The molecule has 0 bridgehead atoms. The fourth-order valence-corrected chi connectivity index (χ4v) is 8.16. The summed E-state index contributed by atoms with van der Waals surface area (Å²) in [5, 5.41) is 13.5. The van der Waals surface area contributed by atoms with Crippen LogP contribution in [0.15, 0.2) is 136 Å². The Hall–Kier alpha value is -6.48. The van der Waals surface area contributed by atoms with E-state index in [1.54, 1.807) is 19.1 Å². The molecule has 2 atom stereocenters. The number of hydrogen-bond donors (Lipinski definition) is 1. The largest absolute Gasteiger partial charge is 0.494 e. The second-order valence-corrected chi connectivity index (χ2v) is 14.1. The zero-order valence-corrected chi connectivity index (χ0v) is 30.7. The number of hydrogen-bond acceptors (Lipinski definition) is 5. The van der Waals surface area contributed by atoms with Crippen molar-refractivity contribution in [3.8, 4) is 11.6 Å². The Morgan fingerprint density at radius 1 is 0.759 bits per heavy atom. The van der Waals surface area contributed by atoms with Gasteiger partial charge in [0.15, 0.2) is 0 Å². The third-order valence-electron chi connectivity index (χ3n) is 11.0. The normalized spacial score (nSPS) is 16.0. The van der Waals surface area contributed by atoms with Crippen LogP contribution in [0.5, 0.6) is 5.88 Å². The highest BCUT2D eigenvalue weighted by atomic mass is 16.3. The Morgan fingerprint density at radius 3 is 2.24 bits per heavy atom. The fraction of sp³-hybridized carbons (Fsp3) is 0.200. The first kappa shape index (κ1) is 34.6. The molecular formula is C45H41N5O4. The van der Waals surface area contributed by atoms with Crippen LogP contribution in [-0.4, -0.2) is 48.4 Å². The maximum absolute atomic E-state index is 14.5. The first-order chi connectivity index (χ1) is 26.2. The van der Waals surface area contributed by atoms with Gasteiger partial charge in [-0.1, -0.05) is 91.0 Å². The van der Waals surface area contributed by atoms with Gasteiger partial charge in [0.2, 0.25) is 5.88 Å². The maximum atomic E-state index is 14.5. The zero-order chi connectivity index (χ0) is 37.7. The number of carbonyl (C=O) groups is 1. The van der Waals surface area contributed by atoms with Gasteiger partial charge in [-0.25, -0.2) is 9.36 Å². The van der Waals surface area contributed by atoms with Gasteiger partial charge in [-0.05, 0) is 72.9 Å². The van der Waals surface area contributed by atoms with Crippen LogP contribution < -0.4 is 11.2 Å². The van der Waals surface area contributed by atoms with Crippen molar-refractivity contribution in [3.05, 3.63) is 176 Å². The summed E-state index contributed by atoms with van der Waals surface area (Å²) in [7, 11) is 3.51. The standard InChI is InChI=1S/C45H41N5O4/c1-28-14-8-12-20-37(28)50-44(53)40(43(52)48(4)45(50)54)29(2)46-27-36-32-17-9-10-19-34(32)42(51)49(25-24-30-15-6-5-7-16-30)41(36)31-22-23-39-35(26-31)33-18-11-13-21-38(33)47(39)3/h5-23,26,36,41,52H,24-25,27H2,1-4H3/t36-,41-/m0/s1. The smallest absolute Gasteiger partial charge is 0.338 e. The van der Waals surface area contributed by atoms with E-state index in [0.29, 0.717) is 29.9 Å². The second-order valence-electron chi connectivity index (χ2n) is 14.1. The highest BCUT2D eigenvalue weighted by molar-refractivity contribution is 6.08. The molecule has 9 nitrogen and oxygen atoms in total. The lowest BCUT2D eigenvalue weighted by molar-refractivity contribution is 0.0614. The van der Waals surface area contributed by atoms with Crippen LogP contribution in [0.2, 0.25) is 0 Å². The van der Waals surface area contributed by atoms with Crippen molar-refractivity contribution < 1.29 is 9.90 Å². The predicted molar refractivity (Wildman–Crippen MR) is 214 cm³/mol. The van der Waals surface area contributed by atoms with Crippen LogP contribution >= 0.6 is 0 Å². The molecule has 1 amide bonds. The number of benzene rings is 5. The van der Waals surface area contributed by atoms with E-state index in [1.807, 2.05) is 78.6 Å². The molecule has 0 fully saturated rings.